The van der Waals surface area contributed by atoms with Crippen LogP contribution >= 0.6 is 0 Å². The molecule has 0 aliphatic heterocycles. The molecule has 2 N–H and O–H groups in total. The van der Waals surface area contributed by atoms with Gasteiger partial charge in [0, 0.05) is 22.2 Å². The second-order valence-electron chi connectivity index (χ2n) is 5.43. The Morgan fingerprint density at radius 3 is 2.47 bits per heavy atom. The van der Waals surface area contributed by atoms with Crippen LogP contribution in [0.1, 0.15) is 32.0 Å². The molecule has 0 bridgehead atoms. The van der Waals surface area contributed by atoms with E-state index in [4.69, 9.17) is 5.73 Å². The first-order chi connectivity index (χ1) is 7.80. The molecular weight excluding hydrogens is 215 g/mol. The molecule has 0 atom stereocenters. The highest BCUT2D eigenvalue weighted by Crippen LogP contribution is 2.30. The standard InChI is InChI=1S/C14H17FN2/c1-8-5-6-9(15)13-12(8)10(16)7-11(17-13)14(2,3)4/h5-7H,1-4H3,(H2,16,17). The van der Waals surface area contributed by atoms with Crippen LogP contribution in [0.4, 0.5) is 10.1 Å². The molecule has 2 aromatic rings. The van der Waals surface area contributed by atoms with Gasteiger partial charge in [-0.05, 0) is 24.6 Å². The van der Waals surface area contributed by atoms with Gasteiger partial charge in [0.1, 0.15) is 11.3 Å². The Morgan fingerprint density at radius 2 is 1.88 bits per heavy atom. The van der Waals surface area contributed by atoms with Crippen LogP contribution in [0.5, 0.6) is 0 Å². The lowest BCUT2D eigenvalue weighted by atomic mass is 9.90. The molecule has 0 aliphatic rings. The molecule has 1 heterocycles. The van der Waals surface area contributed by atoms with Crippen LogP contribution in [0.2, 0.25) is 0 Å². The van der Waals surface area contributed by atoms with Crippen LogP contribution in [0.15, 0.2) is 18.2 Å². The monoisotopic (exact) mass is 232 g/mol. The molecule has 90 valence electrons. The third kappa shape index (κ3) is 1.97. The summed E-state index contributed by atoms with van der Waals surface area (Å²) in [5.74, 6) is -0.316. The Labute approximate surface area is 101 Å². The minimum absolute atomic E-state index is 0.140. The van der Waals surface area contributed by atoms with Crippen molar-refractivity contribution in [3.63, 3.8) is 0 Å². The number of pyridine rings is 1. The Kier molecular flexibility index (Phi) is 2.57. The fourth-order valence-corrected chi connectivity index (χ4v) is 1.90. The van der Waals surface area contributed by atoms with Gasteiger partial charge in [0.2, 0.25) is 0 Å². The van der Waals surface area contributed by atoms with Crippen LogP contribution in [0.3, 0.4) is 0 Å². The molecule has 0 amide bonds. The van der Waals surface area contributed by atoms with Crippen LogP contribution in [-0.4, -0.2) is 4.98 Å². The zero-order valence-corrected chi connectivity index (χ0v) is 10.6. The van der Waals surface area contributed by atoms with Crippen LogP contribution < -0.4 is 5.73 Å². The lowest BCUT2D eigenvalue weighted by Crippen LogP contribution is -2.14. The molecule has 0 fully saturated rings. The number of benzene rings is 1. The van der Waals surface area contributed by atoms with Gasteiger partial charge in [-0.3, -0.25) is 0 Å². The number of nitrogens with zero attached hydrogens (tertiary/aromatic N) is 1. The van der Waals surface area contributed by atoms with Crippen molar-refractivity contribution in [1.82, 2.24) is 4.98 Å². The highest BCUT2D eigenvalue weighted by molar-refractivity contribution is 5.93. The van der Waals surface area contributed by atoms with Gasteiger partial charge in [0.05, 0.1) is 0 Å². The fourth-order valence-electron chi connectivity index (χ4n) is 1.90. The van der Waals surface area contributed by atoms with Gasteiger partial charge in [0.15, 0.2) is 0 Å². The minimum Gasteiger partial charge on any atom is -0.398 e. The average Bonchev–Trinajstić information content (AvgIpc) is 2.21. The number of nitrogen functional groups attached to an aromatic ring is 1. The van der Waals surface area contributed by atoms with E-state index in [1.54, 1.807) is 6.07 Å². The average molecular weight is 232 g/mol. The smallest absolute Gasteiger partial charge is 0.149 e. The third-order valence-corrected chi connectivity index (χ3v) is 2.92. The number of anilines is 1. The van der Waals surface area contributed by atoms with Crippen molar-refractivity contribution in [1.29, 1.82) is 0 Å². The number of aryl methyl sites for hydroxylation is 1. The Morgan fingerprint density at radius 1 is 1.24 bits per heavy atom. The van der Waals surface area contributed by atoms with E-state index >= 15 is 0 Å². The molecule has 17 heavy (non-hydrogen) atoms. The SMILES string of the molecule is Cc1ccc(F)c2nc(C(C)(C)C)cc(N)c12. The second kappa shape index (κ2) is 3.69. The summed E-state index contributed by atoms with van der Waals surface area (Å²) in [7, 11) is 0. The zero-order valence-electron chi connectivity index (χ0n) is 10.6. The highest BCUT2D eigenvalue weighted by Gasteiger charge is 2.19. The summed E-state index contributed by atoms with van der Waals surface area (Å²) < 4.78 is 13.8. The molecule has 0 saturated heterocycles. The Hall–Kier alpha value is -1.64. The van der Waals surface area contributed by atoms with Gasteiger partial charge in [-0.15, -0.1) is 0 Å². The maximum atomic E-state index is 13.8. The third-order valence-electron chi connectivity index (χ3n) is 2.92. The first-order valence-corrected chi connectivity index (χ1v) is 5.66. The van der Waals surface area contributed by atoms with Crippen molar-refractivity contribution in [2.75, 3.05) is 5.73 Å². The lowest BCUT2D eigenvalue weighted by Gasteiger charge is -2.19. The van der Waals surface area contributed by atoms with Crippen LogP contribution in [0.25, 0.3) is 10.9 Å². The molecule has 2 rings (SSSR count). The summed E-state index contributed by atoms with van der Waals surface area (Å²) in [6.07, 6.45) is 0. The lowest BCUT2D eigenvalue weighted by molar-refractivity contribution is 0.569. The molecule has 0 radical (unpaired) electrons. The first-order valence-electron chi connectivity index (χ1n) is 5.66. The van der Waals surface area contributed by atoms with E-state index in [1.807, 2.05) is 33.8 Å². The summed E-state index contributed by atoms with van der Waals surface area (Å²) in [4.78, 5) is 4.41. The first kappa shape index (κ1) is 11.8. The summed E-state index contributed by atoms with van der Waals surface area (Å²) in [6, 6.07) is 5.01. The Balaban J connectivity index is 2.87. The van der Waals surface area contributed by atoms with Crippen molar-refractivity contribution < 1.29 is 4.39 Å². The molecule has 1 aromatic heterocycles. The normalized spacial score (nSPS) is 12.1. The zero-order chi connectivity index (χ0) is 12.8. The van der Waals surface area contributed by atoms with Crippen LogP contribution in [0, 0.1) is 12.7 Å². The fraction of sp³-hybridized carbons (Fsp3) is 0.357. The molecule has 3 heteroatoms. The number of fused-ring (bicyclic) bond motifs is 1. The molecule has 0 saturated carbocycles. The molecule has 0 unspecified atom stereocenters. The van der Waals surface area contributed by atoms with Gasteiger partial charge < -0.3 is 5.73 Å². The van der Waals surface area contributed by atoms with Gasteiger partial charge in [-0.2, -0.15) is 0 Å². The number of aromatic nitrogens is 1. The maximum Gasteiger partial charge on any atom is 0.149 e. The van der Waals surface area contributed by atoms with E-state index in [2.05, 4.69) is 4.98 Å². The molecule has 0 spiro atoms. The number of hydrogen-bond acceptors (Lipinski definition) is 2. The number of rotatable bonds is 0. The molecule has 2 nitrogen and oxygen atoms in total. The molecule has 0 aliphatic carbocycles. The van der Waals surface area contributed by atoms with Crippen molar-refractivity contribution >= 4 is 16.6 Å². The maximum absolute atomic E-state index is 13.8. The summed E-state index contributed by atoms with van der Waals surface area (Å²) in [6.45, 7) is 8.02. The van der Waals surface area contributed by atoms with E-state index in [1.165, 1.54) is 6.07 Å². The molecular formula is C14H17FN2. The summed E-state index contributed by atoms with van der Waals surface area (Å²) >= 11 is 0. The topological polar surface area (TPSA) is 38.9 Å². The number of halogens is 1. The highest BCUT2D eigenvalue weighted by atomic mass is 19.1. The van der Waals surface area contributed by atoms with Crippen molar-refractivity contribution in [3.8, 4) is 0 Å². The Bertz CT molecular complexity index is 583. The second-order valence-corrected chi connectivity index (χ2v) is 5.43. The van der Waals surface area contributed by atoms with E-state index in [0.29, 0.717) is 11.2 Å². The van der Waals surface area contributed by atoms with Crippen molar-refractivity contribution in [2.45, 2.75) is 33.1 Å². The van der Waals surface area contributed by atoms with E-state index in [-0.39, 0.29) is 11.2 Å². The van der Waals surface area contributed by atoms with Gasteiger partial charge in [0.25, 0.3) is 0 Å². The minimum atomic E-state index is -0.316. The molecule has 1 aromatic carbocycles. The van der Waals surface area contributed by atoms with Gasteiger partial charge >= 0.3 is 0 Å². The van der Waals surface area contributed by atoms with Gasteiger partial charge in [-0.1, -0.05) is 26.8 Å². The quantitative estimate of drug-likeness (QED) is 0.754. The van der Waals surface area contributed by atoms with Crippen molar-refractivity contribution in [2.24, 2.45) is 0 Å². The summed E-state index contributed by atoms with van der Waals surface area (Å²) in [5, 5.41) is 0.720. The van der Waals surface area contributed by atoms with E-state index < -0.39 is 0 Å². The number of hydrogen-bond donors (Lipinski definition) is 1. The van der Waals surface area contributed by atoms with E-state index in [0.717, 1.165) is 16.6 Å². The van der Waals surface area contributed by atoms with Crippen molar-refractivity contribution in [3.05, 3.63) is 35.3 Å². The van der Waals surface area contributed by atoms with Crippen LogP contribution in [-0.2, 0) is 5.41 Å². The summed E-state index contributed by atoms with van der Waals surface area (Å²) in [5.41, 5.74) is 8.60. The van der Waals surface area contributed by atoms with E-state index in [9.17, 15) is 4.39 Å². The predicted octanol–water partition coefficient (Wildman–Crippen LogP) is 3.56. The van der Waals surface area contributed by atoms with Gasteiger partial charge in [-0.25, -0.2) is 9.37 Å². The number of nitrogens with two attached hydrogens (primary N) is 1. The predicted molar refractivity (Wildman–Crippen MR) is 69.6 cm³/mol. The largest absolute Gasteiger partial charge is 0.398 e.